The molecule has 0 spiro atoms. The van der Waals surface area contributed by atoms with Crippen LogP contribution in [0.4, 0.5) is 0 Å². The van der Waals surface area contributed by atoms with Crippen LogP contribution in [-0.4, -0.2) is 21.5 Å². The number of fused-ring (bicyclic) bond motifs is 1. The first-order valence-corrected chi connectivity index (χ1v) is 4.09. The highest BCUT2D eigenvalue weighted by molar-refractivity contribution is 5.24. The standard InChI is InChI=1S/C8H12N2O2/c1-6-3-10-8(12-5-6)7(4-11)2-9-10/h2,6,11H,3-5H2,1H3/t6-/m1/s1. The van der Waals surface area contributed by atoms with Gasteiger partial charge in [-0.3, -0.25) is 0 Å². The second-order valence-corrected chi connectivity index (χ2v) is 3.23. The Morgan fingerprint density at radius 1 is 1.83 bits per heavy atom. The maximum Gasteiger partial charge on any atom is 0.217 e. The number of rotatable bonds is 1. The molecule has 0 aliphatic carbocycles. The van der Waals surface area contributed by atoms with Crippen LogP contribution >= 0.6 is 0 Å². The van der Waals surface area contributed by atoms with E-state index in [4.69, 9.17) is 9.84 Å². The fourth-order valence-corrected chi connectivity index (χ4v) is 1.39. The largest absolute Gasteiger partial charge is 0.477 e. The molecule has 4 nitrogen and oxygen atoms in total. The average Bonchev–Trinajstić information content (AvgIpc) is 2.46. The third-order valence-corrected chi connectivity index (χ3v) is 2.02. The molecule has 0 saturated carbocycles. The molecule has 2 rings (SSSR count). The summed E-state index contributed by atoms with van der Waals surface area (Å²) in [4.78, 5) is 0. The first-order chi connectivity index (χ1) is 5.81. The molecule has 1 atom stereocenters. The minimum absolute atomic E-state index is 0.00368. The highest BCUT2D eigenvalue weighted by Crippen LogP contribution is 2.23. The van der Waals surface area contributed by atoms with Crippen LogP contribution in [-0.2, 0) is 13.2 Å². The first kappa shape index (κ1) is 7.61. The SMILES string of the molecule is C[C@H]1COc2c(CO)cnn2C1. The highest BCUT2D eigenvalue weighted by Gasteiger charge is 2.19. The van der Waals surface area contributed by atoms with Crippen LogP contribution in [0.15, 0.2) is 6.20 Å². The molecule has 0 unspecified atom stereocenters. The zero-order valence-corrected chi connectivity index (χ0v) is 7.03. The van der Waals surface area contributed by atoms with Gasteiger partial charge in [-0.15, -0.1) is 0 Å². The van der Waals surface area contributed by atoms with Gasteiger partial charge in [-0.1, -0.05) is 6.92 Å². The van der Waals surface area contributed by atoms with Crippen molar-refractivity contribution >= 4 is 0 Å². The fourth-order valence-electron chi connectivity index (χ4n) is 1.39. The van der Waals surface area contributed by atoms with Crippen LogP contribution in [0.3, 0.4) is 0 Å². The summed E-state index contributed by atoms with van der Waals surface area (Å²) < 4.78 is 7.24. The van der Waals surface area contributed by atoms with Crippen molar-refractivity contribution in [3.8, 4) is 5.88 Å². The summed E-state index contributed by atoms with van der Waals surface area (Å²) in [5.41, 5.74) is 0.780. The van der Waals surface area contributed by atoms with Gasteiger partial charge in [0.05, 0.1) is 31.5 Å². The van der Waals surface area contributed by atoms with Gasteiger partial charge in [0.1, 0.15) is 0 Å². The van der Waals surface area contributed by atoms with E-state index in [0.717, 1.165) is 24.6 Å². The van der Waals surface area contributed by atoms with Crippen molar-refractivity contribution in [1.29, 1.82) is 0 Å². The van der Waals surface area contributed by atoms with Gasteiger partial charge in [-0.05, 0) is 0 Å². The fraction of sp³-hybridized carbons (Fsp3) is 0.625. The van der Waals surface area contributed by atoms with E-state index in [2.05, 4.69) is 12.0 Å². The van der Waals surface area contributed by atoms with E-state index >= 15 is 0 Å². The molecule has 4 heteroatoms. The zero-order valence-electron chi connectivity index (χ0n) is 7.03. The minimum Gasteiger partial charge on any atom is -0.477 e. The van der Waals surface area contributed by atoms with Gasteiger partial charge in [-0.25, -0.2) is 4.68 Å². The second-order valence-electron chi connectivity index (χ2n) is 3.23. The molecule has 0 saturated heterocycles. The van der Waals surface area contributed by atoms with E-state index in [9.17, 15) is 0 Å². The molecule has 0 fully saturated rings. The summed E-state index contributed by atoms with van der Waals surface area (Å²) in [7, 11) is 0. The Morgan fingerprint density at radius 2 is 2.67 bits per heavy atom. The monoisotopic (exact) mass is 168 g/mol. The van der Waals surface area contributed by atoms with Crippen LogP contribution in [0.5, 0.6) is 5.88 Å². The number of nitrogens with zero attached hydrogens (tertiary/aromatic N) is 2. The average molecular weight is 168 g/mol. The first-order valence-electron chi connectivity index (χ1n) is 4.09. The summed E-state index contributed by atoms with van der Waals surface area (Å²) >= 11 is 0. The van der Waals surface area contributed by atoms with Gasteiger partial charge < -0.3 is 9.84 Å². The lowest BCUT2D eigenvalue weighted by atomic mass is 10.2. The molecular weight excluding hydrogens is 156 g/mol. The molecule has 0 amide bonds. The van der Waals surface area contributed by atoms with Crippen molar-refractivity contribution in [2.45, 2.75) is 20.1 Å². The van der Waals surface area contributed by atoms with Crippen molar-refractivity contribution in [3.63, 3.8) is 0 Å². The Bertz CT molecular complexity index is 283. The van der Waals surface area contributed by atoms with Gasteiger partial charge in [0.15, 0.2) is 0 Å². The number of aromatic nitrogens is 2. The van der Waals surface area contributed by atoms with Gasteiger partial charge in [-0.2, -0.15) is 5.10 Å². The smallest absolute Gasteiger partial charge is 0.217 e. The topological polar surface area (TPSA) is 47.3 Å². The number of hydrogen-bond donors (Lipinski definition) is 1. The predicted molar refractivity (Wildman–Crippen MR) is 42.8 cm³/mol. The van der Waals surface area contributed by atoms with Crippen molar-refractivity contribution in [2.75, 3.05) is 6.61 Å². The van der Waals surface area contributed by atoms with E-state index in [1.165, 1.54) is 0 Å². The normalized spacial score (nSPS) is 21.7. The van der Waals surface area contributed by atoms with Crippen LogP contribution in [0.25, 0.3) is 0 Å². The molecule has 1 N–H and O–H groups in total. The van der Waals surface area contributed by atoms with E-state index < -0.39 is 0 Å². The van der Waals surface area contributed by atoms with Crippen molar-refractivity contribution < 1.29 is 9.84 Å². The molecule has 0 bridgehead atoms. The van der Waals surface area contributed by atoms with E-state index in [1.54, 1.807) is 10.9 Å². The third-order valence-electron chi connectivity index (χ3n) is 2.02. The molecule has 0 aromatic carbocycles. The van der Waals surface area contributed by atoms with Gasteiger partial charge in [0.25, 0.3) is 0 Å². The molecule has 12 heavy (non-hydrogen) atoms. The summed E-state index contributed by atoms with van der Waals surface area (Å²) in [6.45, 7) is 3.72. The number of aliphatic hydroxyl groups excluding tert-OH is 1. The van der Waals surface area contributed by atoms with Gasteiger partial charge in [0.2, 0.25) is 5.88 Å². The van der Waals surface area contributed by atoms with Crippen LogP contribution < -0.4 is 4.74 Å². The predicted octanol–water partition coefficient (Wildman–Crippen LogP) is 0.404. The Morgan fingerprint density at radius 3 is 3.42 bits per heavy atom. The van der Waals surface area contributed by atoms with Gasteiger partial charge in [0, 0.05) is 5.92 Å². The lowest BCUT2D eigenvalue weighted by molar-refractivity contribution is 0.168. The summed E-state index contributed by atoms with van der Waals surface area (Å²) in [5.74, 6) is 1.24. The zero-order chi connectivity index (χ0) is 8.55. The summed E-state index contributed by atoms with van der Waals surface area (Å²) in [5, 5.41) is 13.0. The Hall–Kier alpha value is -1.03. The number of aliphatic hydroxyl groups is 1. The molecule has 1 aliphatic rings. The maximum absolute atomic E-state index is 8.92. The van der Waals surface area contributed by atoms with Crippen LogP contribution in [0.2, 0.25) is 0 Å². The maximum atomic E-state index is 8.92. The van der Waals surface area contributed by atoms with Crippen molar-refractivity contribution in [2.24, 2.45) is 5.92 Å². The van der Waals surface area contributed by atoms with Crippen molar-refractivity contribution in [3.05, 3.63) is 11.8 Å². The highest BCUT2D eigenvalue weighted by atomic mass is 16.5. The lowest BCUT2D eigenvalue weighted by Crippen LogP contribution is -2.23. The summed E-state index contributed by atoms with van der Waals surface area (Å²) in [6, 6.07) is 0. The minimum atomic E-state index is 0.00368. The Labute approximate surface area is 70.8 Å². The van der Waals surface area contributed by atoms with E-state index in [0.29, 0.717) is 5.92 Å². The van der Waals surface area contributed by atoms with E-state index in [-0.39, 0.29) is 6.61 Å². The molecule has 0 radical (unpaired) electrons. The quantitative estimate of drug-likeness (QED) is 0.660. The lowest BCUT2D eigenvalue weighted by Gasteiger charge is -2.21. The Balaban J connectivity index is 2.32. The van der Waals surface area contributed by atoms with Gasteiger partial charge >= 0.3 is 0 Å². The third kappa shape index (κ3) is 1.08. The number of ether oxygens (including phenoxy) is 1. The second kappa shape index (κ2) is 2.79. The molecule has 1 aromatic heterocycles. The molecule has 1 aliphatic heterocycles. The van der Waals surface area contributed by atoms with Crippen LogP contribution in [0, 0.1) is 5.92 Å². The Kier molecular flexibility index (Phi) is 1.77. The molecule has 66 valence electrons. The van der Waals surface area contributed by atoms with Crippen molar-refractivity contribution in [1.82, 2.24) is 9.78 Å². The van der Waals surface area contributed by atoms with E-state index in [1.807, 2.05) is 0 Å². The summed E-state index contributed by atoms with van der Waals surface area (Å²) in [6.07, 6.45) is 1.66. The molecule has 2 heterocycles. The van der Waals surface area contributed by atoms with Crippen LogP contribution in [0.1, 0.15) is 12.5 Å². The molecular formula is C8H12N2O2. The molecule has 1 aromatic rings. The number of hydrogen-bond acceptors (Lipinski definition) is 3.